The second-order valence-electron chi connectivity index (χ2n) is 3.50. The molecule has 1 saturated heterocycles. The molecule has 1 aliphatic heterocycles. The number of methoxy groups -OCH3 is 1. The molecule has 1 unspecified atom stereocenters. The fourth-order valence-electron chi connectivity index (χ4n) is 1.58. The lowest BCUT2D eigenvalue weighted by Crippen LogP contribution is -2.48. The molecule has 1 rings (SSSR count). The van der Waals surface area contributed by atoms with Gasteiger partial charge in [0.2, 0.25) is 0 Å². The summed E-state index contributed by atoms with van der Waals surface area (Å²) in [6, 6.07) is -0.334. The number of rotatable bonds is 3. The molecule has 0 saturated carbocycles. The Morgan fingerprint density at radius 1 is 1.60 bits per heavy atom. The summed E-state index contributed by atoms with van der Waals surface area (Å²) in [5.41, 5.74) is 0. The van der Waals surface area contributed by atoms with E-state index >= 15 is 0 Å². The van der Waals surface area contributed by atoms with Crippen molar-refractivity contribution in [1.82, 2.24) is 10.2 Å². The van der Waals surface area contributed by atoms with Crippen LogP contribution in [0.15, 0.2) is 0 Å². The average molecular weight is 216 g/mol. The molecule has 6 heteroatoms. The molecule has 15 heavy (non-hydrogen) atoms. The molecule has 2 N–H and O–H groups in total. The topological polar surface area (TPSA) is 78.9 Å². The van der Waals surface area contributed by atoms with Crippen LogP contribution in [0.2, 0.25) is 0 Å². The number of piperidine rings is 1. The van der Waals surface area contributed by atoms with E-state index in [-0.39, 0.29) is 18.7 Å². The maximum atomic E-state index is 11.5. The third kappa shape index (κ3) is 3.75. The van der Waals surface area contributed by atoms with Crippen LogP contribution >= 0.6 is 0 Å². The third-order valence-electron chi connectivity index (χ3n) is 2.39. The Morgan fingerprint density at radius 2 is 2.33 bits per heavy atom. The lowest BCUT2D eigenvalue weighted by molar-refractivity contribution is -0.135. The Labute approximate surface area is 88.2 Å². The normalized spacial score (nSPS) is 21.1. The minimum absolute atomic E-state index is 0.0642. The lowest BCUT2D eigenvalue weighted by Gasteiger charge is -2.31. The summed E-state index contributed by atoms with van der Waals surface area (Å²) in [6.45, 7) is 0.847. The van der Waals surface area contributed by atoms with Crippen LogP contribution in [-0.2, 0) is 9.53 Å². The zero-order valence-electron chi connectivity index (χ0n) is 8.73. The molecule has 0 radical (unpaired) electrons. The molecule has 0 bridgehead atoms. The fourth-order valence-corrected chi connectivity index (χ4v) is 1.58. The van der Waals surface area contributed by atoms with Gasteiger partial charge in [-0.05, 0) is 12.8 Å². The Bertz CT molecular complexity index is 244. The highest BCUT2D eigenvalue weighted by atomic mass is 16.5. The van der Waals surface area contributed by atoms with Crippen molar-refractivity contribution in [1.29, 1.82) is 0 Å². The van der Waals surface area contributed by atoms with Gasteiger partial charge in [0.1, 0.15) is 6.54 Å². The molecule has 0 aromatic rings. The van der Waals surface area contributed by atoms with Crippen LogP contribution < -0.4 is 5.32 Å². The predicted molar refractivity (Wildman–Crippen MR) is 52.6 cm³/mol. The first-order chi connectivity index (χ1) is 7.13. The van der Waals surface area contributed by atoms with E-state index in [2.05, 4.69) is 5.32 Å². The zero-order chi connectivity index (χ0) is 11.3. The predicted octanol–water partition coefficient (Wildman–Crippen LogP) is -0.109. The first-order valence-electron chi connectivity index (χ1n) is 4.91. The van der Waals surface area contributed by atoms with Crippen molar-refractivity contribution in [2.75, 3.05) is 26.7 Å². The number of nitrogens with zero attached hydrogens (tertiary/aromatic N) is 1. The molecule has 6 nitrogen and oxygen atoms in total. The molecule has 0 aliphatic carbocycles. The Balaban J connectivity index is 2.35. The highest BCUT2D eigenvalue weighted by Gasteiger charge is 2.23. The van der Waals surface area contributed by atoms with Crippen LogP contribution in [0.5, 0.6) is 0 Å². The maximum absolute atomic E-state index is 11.5. The number of nitrogens with one attached hydrogen (secondary N) is 1. The van der Waals surface area contributed by atoms with Crippen LogP contribution in [0, 0.1) is 0 Å². The second-order valence-corrected chi connectivity index (χ2v) is 3.50. The third-order valence-corrected chi connectivity index (χ3v) is 2.39. The number of carbonyl (C=O) groups excluding carboxylic acids is 1. The van der Waals surface area contributed by atoms with Gasteiger partial charge >= 0.3 is 12.0 Å². The van der Waals surface area contributed by atoms with Crippen molar-refractivity contribution < 1.29 is 19.4 Å². The minimum Gasteiger partial charge on any atom is -0.480 e. The van der Waals surface area contributed by atoms with E-state index in [1.807, 2.05) is 0 Å². The van der Waals surface area contributed by atoms with Gasteiger partial charge < -0.3 is 20.1 Å². The highest BCUT2D eigenvalue weighted by molar-refractivity contribution is 5.80. The molecule has 0 aromatic carbocycles. The molecule has 1 heterocycles. The van der Waals surface area contributed by atoms with Gasteiger partial charge in [-0.25, -0.2) is 4.79 Å². The number of carboxylic acid groups (broad SMARTS) is 1. The number of amides is 2. The SMILES string of the molecule is COC1CCCN(C(=O)NCC(=O)O)C1. The summed E-state index contributed by atoms with van der Waals surface area (Å²) in [5, 5.41) is 10.7. The molecular formula is C9H16N2O4. The first kappa shape index (κ1) is 11.8. The summed E-state index contributed by atoms with van der Waals surface area (Å²) in [5.74, 6) is -1.04. The summed E-state index contributed by atoms with van der Waals surface area (Å²) < 4.78 is 5.16. The summed E-state index contributed by atoms with van der Waals surface area (Å²) >= 11 is 0. The van der Waals surface area contributed by atoms with Gasteiger partial charge in [0.15, 0.2) is 0 Å². The molecule has 0 spiro atoms. The van der Waals surface area contributed by atoms with Crippen LogP contribution in [0.25, 0.3) is 0 Å². The Hall–Kier alpha value is -1.30. The summed E-state index contributed by atoms with van der Waals surface area (Å²) in [7, 11) is 1.61. The quantitative estimate of drug-likeness (QED) is 0.690. The van der Waals surface area contributed by atoms with Crippen molar-refractivity contribution in [2.45, 2.75) is 18.9 Å². The van der Waals surface area contributed by atoms with Crippen LogP contribution in [0.3, 0.4) is 0 Å². The number of hydrogen-bond acceptors (Lipinski definition) is 3. The molecular weight excluding hydrogens is 200 g/mol. The molecule has 1 fully saturated rings. The van der Waals surface area contributed by atoms with E-state index in [0.29, 0.717) is 13.1 Å². The molecule has 0 aromatic heterocycles. The average Bonchev–Trinajstić information content (AvgIpc) is 2.26. The van der Waals surface area contributed by atoms with E-state index in [9.17, 15) is 9.59 Å². The zero-order valence-corrected chi connectivity index (χ0v) is 8.73. The van der Waals surface area contributed by atoms with E-state index in [4.69, 9.17) is 9.84 Å². The summed E-state index contributed by atoms with van der Waals surface area (Å²) in [4.78, 5) is 23.3. The molecule has 1 atom stereocenters. The van der Waals surface area contributed by atoms with E-state index in [1.54, 1.807) is 12.0 Å². The first-order valence-corrected chi connectivity index (χ1v) is 4.91. The number of carboxylic acids is 1. The largest absolute Gasteiger partial charge is 0.480 e. The second kappa shape index (κ2) is 5.55. The van der Waals surface area contributed by atoms with Gasteiger partial charge in [-0.15, -0.1) is 0 Å². The Kier molecular flexibility index (Phi) is 4.36. The van der Waals surface area contributed by atoms with Crippen molar-refractivity contribution in [3.8, 4) is 0 Å². The van der Waals surface area contributed by atoms with Gasteiger partial charge in [-0.2, -0.15) is 0 Å². The van der Waals surface area contributed by atoms with Crippen LogP contribution in [-0.4, -0.2) is 54.9 Å². The van der Waals surface area contributed by atoms with Gasteiger partial charge in [0.25, 0.3) is 0 Å². The Morgan fingerprint density at radius 3 is 2.93 bits per heavy atom. The van der Waals surface area contributed by atoms with E-state index in [1.165, 1.54) is 0 Å². The molecule has 1 aliphatic rings. The fraction of sp³-hybridized carbons (Fsp3) is 0.778. The van der Waals surface area contributed by atoms with Crippen molar-refractivity contribution in [2.24, 2.45) is 0 Å². The lowest BCUT2D eigenvalue weighted by atomic mass is 10.1. The van der Waals surface area contributed by atoms with Gasteiger partial charge in [-0.3, -0.25) is 4.79 Å². The number of carbonyl (C=O) groups is 2. The van der Waals surface area contributed by atoms with Gasteiger partial charge in [-0.1, -0.05) is 0 Å². The number of aliphatic carboxylic acids is 1. The van der Waals surface area contributed by atoms with Gasteiger partial charge in [0, 0.05) is 20.2 Å². The number of ether oxygens (including phenoxy) is 1. The van der Waals surface area contributed by atoms with Crippen molar-refractivity contribution >= 4 is 12.0 Å². The van der Waals surface area contributed by atoms with E-state index in [0.717, 1.165) is 12.8 Å². The van der Waals surface area contributed by atoms with Crippen molar-refractivity contribution in [3.05, 3.63) is 0 Å². The van der Waals surface area contributed by atoms with Crippen molar-refractivity contribution in [3.63, 3.8) is 0 Å². The number of likely N-dealkylation sites (tertiary alicyclic amines) is 1. The highest BCUT2D eigenvalue weighted by Crippen LogP contribution is 2.12. The van der Waals surface area contributed by atoms with E-state index < -0.39 is 5.97 Å². The maximum Gasteiger partial charge on any atom is 0.323 e. The molecule has 86 valence electrons. The monoisotopic (exact) mass is 216 g/mol. The minimum atomic E-state index is -1.04. The van der Waals surface area contributed by atoms with Gasteiger partial charge in [0.05, 0.1) is 6.10 Å². The smallest absolute Gasteiger partial charge is 0.323 e. The number of urea groups is 1. The van der Waals surface area contributed by atoms with Crippen LogP contribution in [0.1, 0.15) is 12.8 Å². The number of hydrogen-bond donors (Lipinski definition) is 2. The summed E-state index contributed by atoms with van der Waals surface area (Å²) in [6.07, 6.45) is 1.90. The molecule has 2 amide bonds. The van der Waals surface area contributed by atoms with Crippen LogP contribution in [0.4, 0.5) is 4.79 Å². The standard InChI is InChI=1S/C9H16N2O4/c1-15-7-3-2-4-11(6-7)9(14)10-5-8(12)13/h7H,2-6H2,1H3,(H,10,14)(H,12,13).